The Morgan fingerprint density at radius 1 is 1.12 bits per heavy atom. The van der Waals surface area contributed by atoms with E-state index in [9.17, 15) is 9.59 Å². The number of aryl methyl sites for hydroxylation is 1. The molecule has 0 radical (unpaired) electrons. The number of carbonyl (C=O) groups is 2. The number of fused-ring (bicyclic) bond motifs is 1. The summed E-state index contributed by atoms with van der Waals surface area (Å²) in [6.45, 7) is 1.98. The van der Waals surface area contributed by atoms with Crippen molar-refractivity contribution < 1.29 is 9.59 Å². The molecule has 0 spiro atoms. The Hall–Kier alpha value is -2.64. The summed E-state index contributed by atoms with van der Waals surface area (Å²) in [5.74, 6) is -0.133. The van der Waals surface area contributed by atoms with E-state index in [0.717, 1.165) is 11.3 Å². The number of hydrogen-bond donors (Lipinski definition) is 1. The number of hydrogen-bond acceptors (Lipinski definition) is 5. The standard InChI is InChI=1S/C18H13ClN4O2S/c1-10-2-5-12(6-3-10)23-15(24)9-26-18(23)22-21-16-13-8-11(19)4-7-14(13)20-17(16)25/h2-8H,9H2,1H3,(H,20,21,25). The van der Waals surface area contributed by atoms with Crippen LogP contribution in [0.2, 0.25) is 5.02 Å². The summed E-state index contributed by atoms with van der Waals surface area (Å²) in [5, 5.41) is 12.0. The number of thioether (sulfide) groups is 1. The maximum absolute atomic E-state index is 12.3. The molecule has 1 saturated heterocycles. The normalized spacial score (nSPS) is 19.4. The molecule has 0 saturated carbocycles. The first kappa shape index (κ1) is 16.8. The van der Waals surface area contributed by atoms with Crippen molar-refractivity contribution in [3.05, 3.63) is 58.6 Å². The van der Waals surface area contributed by atoms with Crippen LogP contribution in [0.1, 0.15) is 11.1 Å². The number of amidine groups is 1. The predicted molar refractivity (Wildman–Crippen MR) is 105 cm³/mol. The molecule has 0 unspecified atom stereocenters. The van der Waals surface area contributed by atoms with Gasteiger partial charge < -0.3 is 5.32 Å². The van der Waals surface area contributed by atoms with Crippen molar-refractivity contribution in [1.29, 1.82) is 0 Å². The molecule has 2 aliphatic rings. The largest absolute Gasteiger partial charge is 0.320 e. The summed E-state index contributed by atoms with van der Waals surface area (Å²) in [5.41, 5.74) is 3.25. The van der Waals surface area contributed by atoms with Crippen molar-refractivity contribution in [2.45, 2.75) is 6.92 Å². The van der Waals surface area contributed by atoms with Gasteiger partial charge in [0, 0.05) is 10.6 Å². The number of benzene rings is 2. The molecule has 1 fully saturated rings. The van der Waals surface area contributed by atoms with Crippen molar-refractivity contribution in [1.82, 2.24) is 0 Å². The maximum Gasteiger partial charge on any atom is 0.276 e. The van der Waals surface area contributed by atoms with E-state index in [0.29, 0.717) is 21.4 Å². The Kier molecular flexibility index (Phi) is 4.26. The maximum atomic E-state index is 12.3. The van der Waals surface area contributed by atoms with Crippen LogP contribution >= 0.6 is 23.4 Å². The van der Waals surface area contributed by atoms with Gasteiger partial charge in [0.2, 0.25) is 5.91 Å². The molecule has 6 nitrogen and oxygen atoms in total. The predicted octanol–water partition coefficient (Wildman–Crippen LogP) is 3.44. The zero-order valence-corrected chi connectivity index (χ0v) is 15.3. The van der Waals surface area contributed by atoms with E-state index >= 15 is 0 Å². The summed E-state index contributed by atoms with van der Waals surface area (Å²) in [6.07, 6.45) is 0. The summed E-state index contributed by atoms with van der Waals surface area (Å²) >= 11 is 7.30. The molecular formula is C18H13ClN4O2S. The molecule has 2 aromatic carbocycles. The van der Waals surface area contributed by atoms with E-state index in [1.54, 1.807) is 18.2 Å². The van der Waals surface area contributed by atoms with Crippen molar-refractivity contribution in [2.75, 3.05) is 16.0 Å². The van der Waals surface area contributed by atoms with E-state index < -0.39 is 0 Å². The average Bonchev–Trinajstić information content (AvgIpc) is 3.13. The van der Waals surface area contributed by atoms with E-state index in [2.05, 4.69) is 15.5 Å². The fraction of sp³-hybridized carbons (Fsp3) is 0.111. The highest BCUT2D eigenvalue weighted by molar-refractivity contribution is 8.15. The van der Waals surface area contributed by atoms with Gasteiger partial charge in [-0.3, -0.25) is 14.5 Å². The Morgan fingerprint density at radius 2 is 1.88 bits per heavy atom. The first-order valence-electron chi connectivity index (χ1n) is 7.82. The summed E-state index contributed by atoms with van der Waals surface area (Å²) in [4.78, 5) is 25.9. The second kappa shape index (κ2) is 6.59. The van der Waals surface area contributed by atoms with E-state index in [4.69, 9.17) is 11.6 Å². The van der Waals surface area contributed by atoms with Crippen LogP contribution in [0.25, 0.3) is 0 Å². The third-order valence-corrected chi connectivity index (χ3v) is 5.14. The number of nitrogens with zero attached hydrogens (tertiary/aromatic N) is 3. The molecule has 8 heteroatoms. The van der Waals surface area contributed by atoms with Gasteiger partial charge in [0.05, 0.1) is 17.1 Å². The molecule has 0 atom stereocenters. The lowest BCUT2D eigenvalue weighted by molar-refractivity contribution is -0.115. The van der Waals surface area contributed by atoms with E-state index in [1.807, 2.05) is 31.2 Å². The molecule has 0 aliphatic carbocycles. The Labute approximate surface area is 158 Å². The lowest BCUT2D eigenvalue weighted by Gasteiger charge is -2.15. The lowest BCUT2D eigenvalue weighted by atomic mass is 10.1. The minimum absolute atomic E-state index is 0.0721. The van der Waals surface area contributed by atoms with Crippen LogP contribution in [0.4, 0.5) is 11.4 Å². The lowest BCUT2D eigenvalue weighted by Crippen LogP contribution is -2.29. The van der Waals surface area contributed by atoms with Gasteiger partial charge in [-0.2, -0.15) is 0 Å². The number of carbonyl (C=O) groups excluding carboxylic acids is 2. The van der Waals surface area contributed by atoms with Gasteiger partial charge in [-0.05, 0) is 37.3 Å². The molecule has 2 aromatic rings. The smallest absolute Gasteiger partial charge is 0.276 e. The SMILES string of the molecule is Cc1ccc(N2C(=O)CSC2=NN=C2C(=O)Nc3ccc(Cl)cc32)cc1. The van der Waals surface area contributed by atoms with E-state index in [1.165, 1.54) is 16.7 Å². The third-order valence-electron chi connectivity index (χ3n) is 3.99. The van der Waals surface area contributed by atoms with Crippen LogP contribution in [-0.2, 0) is 9.59 Å². The minimum atomic E-state index is -0.345. The van der Waals surface area contributed by atoms with E-state index in [-0.39, 0.29) is 23.3 Å². The van der Waals surface area contributed by atoms with Gasteiger partial charge in [0.1, 0.15) is 0 Å². The molecule has 2 aliphatic heterocycles. The van der Waals surface area contributed by atoms with Gasteiger partial charge in [0.25, 0.3) is 5.91 Å². The zero-order chi connectivity index (χ0) is 18.3. The molecule has 1 N–H and O–H groups in total. The molecule has 2 amide bonds. The third kappa shape index (κ3) is 3.00. The fourth-order valence-electron chi connectivity index (χ4n) is 2.70. The molecular weight excluding hydrogens is 372 g/mol. The Bertz CT molecular complexity index is 985. The van der Waals surface area contributed by atoms with Gasteiger partial charge in [-0.25, -0.2) is 0 Å². The minimum Gasteiger partial charge on any atom is -0.320 e. The van der Waals surface area contributed by atoms with Gasteiger partial charge in [-0.1, -0.05) is 41.1 Å². The van der Waals surface area contributed by atoms with Crippen LogP contribution in [-0.4, -0.2) is 28.4 Å². The number of rotatable bonds is 2. The van der Waals surface area contributed by atoms with Crippen LogP contribution in [0.15, 0.2) is 52.7 Å². The van der Waals surface area contributed by atoms with Crippen molar-refractivity contribution in [3.63, 3.8) is 0 Å². The highest BCUT2D eigenvalue weighted by Gasteiger charge is 2.31. The highest BCUT2D eigenvalue weighted by Crippen LogP contribution is 2.29. The van der Waals surface area contributed by atoms with Crippen molar-refractivity contribution in [3.8, 4) is 0 Å². The molecule has 26 heavy (non-hydrogen) atoms. The van der Waals surface area contributed by atoms with Crippen LogP contribution in [0.3, 0.4) is 0 Å². The Balaban J connectivity index is 1.71. The fourth-order valence-corrected chi connectivity index (χ4v) is 3.69. The number of amides is 2. The number of halogens is 1. The van der Waals surface area contributed by atoms with Crippen molar-refractivity contribution in [2.24, 2.45) is 10.2 Å². The first-order valence-corrected chi connectivity index (χ1v) is 9.18. The van der Waals surface area contributed by atoms with Gasteiger partial charge >= 0.3 is 0 Å². The molecule has 0 bridgehead atoms. The topological polar surface area (TPSA) is 74.1 Å². The summed E-state index contributed by atoms with van der Waals surface area (Å²) < 4.78 is 0. The zero-order valence-electron chi connectivity index (χ0n) is 13.7. The molecule has 0 aromatic heterocycles. The van der Waals surface area contributed by atoms with Crippen molar-refractivity contribution >= 4 is 57.4 Å². The summed E-state index contributed by atoms with van der Waals surface area (Å²) in [7, 11) is 0. The summed E-state index contributed by atoms with van der Waals surface area (Å²) in [6, 6.07) is 12.7. The van der Waals surface area contributed by atoms with Gasteiger partial charge in [0.15, 0.2) is 10.9 Å². The second-order valence-corrected chi connectivity index (χ2v) is 7.21. The second-order valence-electron chi connectivity index (χ2n) is 5.83. The van der Waals surface area contributed by atoms with Gasteiger partial charge in [-0.15, -0.1) is 10.2 Å². The number of nitrogens with one attached hydrogen (secondary N) is 1. The molecule has 4 rings (SSSR count). The monoisotopic (exact) mass is 384 g/mol. The number of anilines is 2. The molecule has 130 valence electrons. The average molecular weight is 385 g/mol. The van der Waals surface area contributed by atoms with Crippen LogP contribution in [0, 0.1) is 6.92 Å². The first-order chi connectivity index (χ1) is 12.5. The Morgan fingerprint density at radius 3 is 2.65 bits per heavy atom. The van der Waals surface area contributed by atoms with Crippen LogP contribution < -0.4 is 10.2 Å². The molecule has 2 heterocycles. The highest BCUT2D eigenvalue weighted by atomic mass is 35.5. The van der Waals surface area contributed by atoms with Crippen LogP contribution in [0.5, 0.6) is 0 Å². The quantitative estimate of drug-likeness (QED) is 0.806.